The van der Waals surface area contributed by atoms with Crippen LogP contribution in [0.2, 0.25) is 5.02 Å². The monoisotopic (exact) mass is 282 g/mol. The molecule has 1 aliphatic carbocycles. The van der Waals surface area contributed by atoms with Gasteiger partial charge in [-0.3, -0.25) is 4.79 Å². The highest BCUT2D eigenvalue weighted by atomic mass is 35.5. The molecule has 2 rings (SSSR count). The average Bonchev–Trinajstić information content (AvgIpc) is 2.78. The van der Waals surface area contributed by atoms with E-state index in [0.29, 0.717) is 16.6 Å². The molecule has 4 nitrogen and oxygen atoms in total. The lowest BCUT2D eigenvalue weighted by atomic mass is 10.1. The van der Waals surface area contributed by atoms with Crippen LogP contribution in [0.1, 0.15) is 19.3 Å². The summed E-state index contributed by atoms with van der Waals surface area (Å²) in [6.07, 6.45) is 2.57. The van der Waals surface area contributed by atoms with Crippen molar-refractivity contribution >= 4 is 23.2 Å². The van der Waals surface area contributed by atoms with E-state index in [0.717, 1.165) is 25.8 Å². The number of anilines is 1. The van der Waals surface area contributed by atoms with E-state index in [-0.39, 0.29) is 18.6 Å². The molecule has 19 heavy (non-hydrogen) atoms. The molecule has 3 N–H and O–H groups in total. The van der Waals surface area contributed by atoms with Crippen LogP contribution >= 0.6 is 11.6 Å². The van der Waals surface area contributed by atoms with Gasteiger partial charge < -0.3 is 15.7 Å². The SMILES string of the molecule is O=C(CNCC1CCC(O)C1)Nc1ccccc1Cl. The minimum absolute atomic E-state index is 0.105. The molecular formula is C14H19ClN2O2. The predicted molar refractivity (Wildman–Crippen MR) is 76.3 cm³/mol. The number of aliphatic hydroxyl groups excluding tert-OH is 1. The number of hydrogen-bond donors (Lipinski definition) is 3. The maximum Gasteiger partial charge on any atom is 0.238 e. The molecule has 0 aliphatic heterocycles. The van der Waals surface area contributed by atoms with Gasteiger partial charge in [0, 0.05) is 0 Å². The van der Waals surface area contributed by atoms with Crippen LogP contribution in [-0.4, -0.2) is 30.2 Å². The summed E-state index contributed by atoms with van der Waals surface area (Å²) in [7, 11) is 0. The van der Waals surface area contributed by atoms with E-state index in [1.165, 1.54) is 0 Å². The number of rotatable bonds is 5. The summed E-state index contributed by atoms with van der Waals surface area (Å²) in [6.45, 7) is 1.03. The molecule has 104 valence electrons. The van der Waals surface area contributed by atoms with E-state index in [1.807, 2.05) is 12.1 Å². The van der Waals surface area contributed by atoms with Crippen molar-refractivity contribution < 1.29 is 9.90 Å². The van der Waals surface area contributed by atoms with Gasteiger partial charge in [-0.2, -0.15) is 0 Å². The van der Waals surface area contributed by atoms with Crippen LogP contribution in [-0.2, 0) is 4.79 Å². The molecule has 0 radical (unpaired) electrons. The molecule has 0 spiro atoms. The van der Waals surface area contributed by atoms with Crippen molar-refractivity contribution in [2.75, 3.05) is 18.4 Å². The van der Waals surface area contributed by atoms with Crippen LogP contribution in [0.15, 0.2) is 24.3 Å². The lowest BCUT2D eigenvalue weighted by molar-refractivity contribution is -0.115. The van der Waals surface area contributed by atoms with E-state index >= 15 is 0 Å². The number of carbonyl (C=O) groups excluding carboxylic acids is 1. The summed E-state index contributed by atoms with van der Waals surface area (Å²) in [5.74, 6) is 0.370. The number of para-hydroxylation sites is 1. The topological polar surface area (TPSA) is 61.4 Å². The number of carbonyl (C=O) groups is 1. The van der Waals surface area contributed by atoms with Crippen LogP contribution in [0.3, 0.4) is 0 Å². The summed E-state index contributed by atoms with van der Waals surface area (Å²) in [5, 5.41) is 15.8. The molecule has 1 fully saturated rings. The first-order chi connectivity index (χ1) is 9.15. The summed E-state index contributed by atoms with van der Waals surface area (Å²) >= 11 is 5.96. The van der Waals surface area contributed by atoms with Crippen molar-refractivity contribution in [2.45, 2.75) is 25.4 Å². The van der Waals surface area contributed by atoms with Gasteiger partial charge in [0.05, 0.1) is 23.4 Å². The van der Waals surface area contributed by atoms with Crippen LogP contribution in [0, 0.1) is 5.92 Å². The van der Waals surface area contributed by atoms with Gasteiger partial charge in [-0.1, -0.05) is 23.7 Å². The summed E-state index contributed by atoms with van der Waals surface area (Å²) in [5.41, 5.74) is 0.632. The van der Waals surface area contributed by atoms with E-state index in [9.17, 15) is 9.90 Å². The standard InChI is InChI=1S/C14H19ClN2O2/c15-12-3-1-2-4-13(12)17-14(19)9-16-8-10-5-6-11(18)7-10/h1-4,10-11,16,18H,5-9H2,(H,17,19). The molecule has 1 aromatic rings. The quantitative estimate of drug-likeness (QED) is 0.774. The van der Waals surface area contributed by atoms with Crippen molar-refractivity contribution in [3.05, 3.63) is 29.3 Å². The van der Waals surface area contributed by atoms with Crippen molar-refractivity contribution in [1.82, 2.24) is 5.32 Å². The summed E-state index contributed by atoms with van der Waals surface area (Å²) in [6, 6.07) is 7.16. The first-order valence-electron chi connectivity index (χ1n) is 6.58. The Labute approximate surface area is 118 Å². The number of nitrogens with one attached hydrogen (secondary N) is 2. The molecule has 0 heterocycles. The van der Waals surface area contributed by atoms with E-state index < -0.39 is 0 Å². The lowest BCUT2D eigenvalue weighted by Crippen LogP contribution is -2.31. The Bertz CT molecular complexity index is 439. The van der Waals surface area contributed by atoms with E-state index in [1.54, 1.807) is 12.1 Å². The highest BCUT2D eigenvalue weighted by Gasteiger charge is 2.22. The Morgan fingerprint density at radius 2 is 2.16 bits per heavy atom. The zero-order valence-corrected chi connectivity index (χ0v) is 11.5. The molecule has 1 saturated carbocycles. The third kappa shape index (κ3) is 4.49. The normalized spacial score (nSPS) is 22.4. The fraction of sp³-hybridized carbons (Fsp3) is 0.500. The molecule has 0 aromatic heterocycles. The van der Waals surface area contributed by atoms with E-state index in [2.05, 4.69) is 10.6 Å². The largest absolute Gasteiger partial charge is 0.393 e. The van der Waals surface area contributed by atoms with Gasteiger partial charge >= 0.3 is 0 Å². The van der Waals surface area contributed by atoms with Crippen LogP contribution < -0.4 is 10.6 Å². The molecule has 2 unspecified atom stereocenters. The second-order valence-corrected chi connectivity index (χ2v) is 5.40. The van der Waals surface area contributed by atoms with Gasteiger partial charge in [-0.05, 0) is 43.9 Å². The second kappa shape index (κ2) is 6.89. The van der Waals surface area contributed by atoms with Crippen molar-refractivity contribution in [1.29, 1.82) is 0 Å². The molecule has 1 amide bonds. The smallest absolute Gasteiger partial charge is 0.238 e. The van der Waals surface area contributed by atoms with Gasteiger partial charge in [0.1, 0.15) is 0 Å². The second-order valence-electron chi connectivity index (χ2n) is 4.99. The van der Waals surface area contributed by atoms with Gasteiger partial charge in [0.2, 0.25) is 5.91 Å². The molecule has 1 aromatic carbocycles. The fourth-order valence-corrected chi connectivity index (χ4v) is 2.56. The third-order valence-corrected chi connectivity index (χ3v) is 3.71. The Morgan fingerprint density at radius 1 is 1.37 bits per heavy atom. The first kappa shape index (κ1) is 14.3. The van der Waals surface area contributed by atoms with Crippen LogP contribution in [0.4, 0.5) is 5.69 Å². The third-order valence-electron chi connectivity index (χ3n) is 3.38. The first-order valence-corrected chi connectivity index (χ1v) is 6.96. The number of aliphatic hydroxyl groups is 1. The molecule has 0 bridgehead atoms. The number of hydrogen-bond acceptors (Lipinski definition) is 3. The van der Waals surface area contributed by atoms with Crippen molar-refractivity contribution in [2.24, 2.45) is 5.92 Å². The minimum Gasteiger partial charge on any atom is -0.393 e. The van der Waals surface area contributed by atoms with Crippen LogP contribution in [0.5, 0.6) is 0 Å². The van der Waals surface area contributed by atoms with Gasteiger partial charge in [-0.25, -0.2) is 0 Å². The Kier molecular flexibility index (Phi) is 5.19. The summed E-state index contributed by atoms with van der Waals surface area (Å²) in [4.78, 5) is 11.7. The fourth-order valence-electron chi connectivity index (χ4n) is 2.38. The Morgan fingerprint density at radius 3 is 2.84 bits per heavy atom. The lowest BCUT2D eigenvalue weighted by Gasteiger charge is -2.11. The van der Waals surface area contributed by atoms with Crippen molar-refractivity contribution in [3.63, 3.8) is 0 Å². The number of benzene rings is 1. The zero-order valence-electron chi connectivity index (χ0n) is 10.7. The highest BCUT2D eigenvalue weighted by Crippen LogP contribution is 2.24. The van der Waals surface area contributed by atoms with Crippen LogP contribution in [0.25, 0.3) is 0 Å². The number of amides is 1. The Hall–Kier alpha value is -1.10. The average molecular weight is 283 g/mol. The molecule has 5 heteroatoms. The highest BCUT2D eigenvalue weighted by molar-refractivity contribution is 6.33. The molecule has 2 atom stereocenters. The maximum atomic E-state index is 11.7. The van der Waals surface area contributed by atoms with E-state index in [4.69, 9.17) is 11.6 Å². The maximum absolute atomic E-state index is 11.7. The van der Waals surface area contributed by atoms with Crippen molar-refractivity contribution in [3.8, 4) is 0 Å². The Balaban J connectivity index is 1.69. The summed E-state index contributed by atoms with van der Waals surface area (Å²) < 4.78 is 0. The molecule has 0 saturated heterocycles. The van der Waals surface area contributed by atoms with Gasteiger partial charge in [0.25, 0.3) is 0 Å². The zero-order chi connectivity index (χ0) is 13.7. The minimum atomic E-state index is -0.163. The predicted octanol–water partition coefficient (Wildman–Crippen LogP) is 2.03. The molecule has 1 aliphatic rings. The molecular weight excluding hydrogens is 264 g/mol. The number of halogens is 1. The van der Waals surface area contributed by atoms with Gasteiger partial charge in [0.15, 0.2) is 0 Å². The van der Waals surface area contributed by atoms with Gasteiger partial charge in [-0.15, -0.1) is 0 Å².